The first kappa shape index (κ1) is 21.6. The number of aromatic amines is 2. The van der Waals surface area contributed by atoms with Gasteiger partial charge < -0.3 is 20.4 Å². The fraction of sp³-hybridized carbons (Fsp3) is 0.348. The Bertz CT molecular complexity index is 1430. The van der Waals surface area contributed by atoms with E-state index in [-0.39, 0.29) is 11.0 Å². The average molecular weight is 435 g/mol. The molecule has 4 heterocycles. The molecule has 0 aliphatic carbocycles. The second-order valence-electron chi connectivity index (χ2n) is 7.33. The molecule has 3 aromatic heterocycles. The molecular weight excluding hydrogens is 408 g/mol. The van der Waals surface area contributed by atoms with Crippen LogP contribution in [0.15, 0.2) is 23.1 Å². The third-order valence-corrected chi connectivity index (χ3v) is 5.39. The van der Waals surface area contributed by atoms with Crippen molar-refractivity contribution in [3.8, 4) is 11.8 Å². The van der Waals surface area contributed by atoms with Gasteiger partial charge in [-0.3, -0.25) is 18.9 Å². The van der Waals surface area contributed by atoms with E-state index in [1.807, 2.05) is 20.8 Å². The van der Waals surface area contributed by atoms with Crippen molar-refractivity contribution in [1.29, 1.82) is 0 Å². The van der Waals surface area contributed by atoms with Gasteiger partial charge in [0.2, 0.25) is 5.43 Å². The first-order valence-corrected chi connectivity index (χ1v) is 10.7. The number of primary amides is 1. The molecule has 32 heavy (non-hydrogen) atoms. The zero-order valence-electron chi connectivity index (χ0n) is 18.4. The van der Waals surface area contributed by atoms with Crippen molar-refractivity contribution in [1.82, 2.24) is 24.3 Å². The maximum Gasteiger partial charge on any atom is 0.254 e. The largest absolute Gasteiger partial charge is 0.379 e. The lowest BCUT2D eigenvalue weighted by Gasteiger charge is -2.24. The van der Waals surface area contributed by atoms with Gasteiger partial charge in [-0.05, 0) is 24.5 Å². The minimum absolute atomic E-state index is 0.201. The molecule has 1 aliphatic heterocycles. The molecular formula is C23H26N6O3. The Morgan fingerprint density at radius 3 is 2.75 bits per heavy atom. The standard InChI is InChI=1S/C21H20N6O3.C2H6/c1-12-4-5-14(28)16-18(12)27-20(25-16)15(19(22)29)17-21(27)24-13(11-23-17)3-2-6-26-7-9-30-10-8-26;1-2/h4-5,11,23-24H,6-10H2,1H3,(H2,22,29);1-2H3. The topological polar surface area (TPSA) is 122 Å². The number of hydrogen-bond acceptors (Lipinski definition) is 5. The van der Waals surface area contributed by atoms with Crippen LogP contribution in [0.25, 0.3) is 27.8 Å². The van der Waals surface area contributed by atoms with E-state index in [4.69, 9.17) is 10.5 Å². The highest BCUT2D eigenvalue weighted by molar-refractivity contribution is 6.12. The van der Waals surface area contributed by atoms with Gasteiger partial charge in [-0.2, -0.15) is 0 Å². The quantitative estimate of drug-likeness (QED) is 0.415. The molecule has 0 atom stereocenters. The predicted molar refractivity (Wildman–Crippen MR) is 124 cm³/mol. The van der Waals surface area contributed by atoms with Gasteiger partial charge in [0.25, 0.3) is 5.91 Å². The van der Waals surface area contributed by atoms with Crippen LogP contribution in [-0.2, 0) is 4.74 Å². The maximum atomic E-state index is 12.3. The van der Waals surface area contributed by atoms with Gasteiger partial charge in [0.15, 0.2) is 5.65 Å². The Hall–Kier alpha value is -3.61. The minimum atomic E-state index is -0.619. The Morgan fingerprint density at radius 1 is 1.28 bits per heavy atom. The van der Waals surface area contributed by atoms with Crippen LogP contribution < -0.4 is 11.2 Å². The van der Waals surface area contributed by atoms with Crippen molar-refractivity contribution in [3.05, 3.63) is 45.4 Å². The molecule has 166 valence electrons. The molecule has 0 bridgehead atoms. The summed E-state index contributed by atoms with van der Waals surface area (Å²) < 4.78 is 7.12. The zero-order chi connectivity index (χ0) is 22.8. The number of rotatable bonds is 2. The van der Waals surface area contributed by atoms with Crippen LogP contribution in [-0.4, -0.2) is 63.0 Å². The molecule has 1 aliphatic rings. The molecule has 0 unspecified atom stereocenters. The summed E-state index contributed by atoms with van der Waals surface area (Å²) in [6, 6.07) is 3.23. The van der Waals surface area contributed by atoms with Crippen LogP contribution in [0, 0.1) is 18.8 Å². The lowest BCUT2D eigenvalue weighted by molar-refractivity contribution is 0.0443. The molecule has 9 nitrogen and oxygen atoms in total. The van der Waals surface area contributed by atoms with Crippen molar-refractivity contribution in [2.75, 3.05) is 32.8 Å². The first-order valence-electron chi connectivity index (χ1n) is 10.7. The number of ether oxygens (including phenoxy) is 1. The second kappa shape index (κ2) is 8.86. The number of nitrogens with one attached hydrogen (secondary N) is 2. The minimum Gasteiger partial charge on any atom is -0.379 e. The fourth-order valence-electron chi connectivity index (χ4n) is 3.92. The predicted octanol–water partition coefficient (Wildman–Crippen LogP) is 1.77. The molecule has 0 saturated carbocycles. The molecule has 1 amide bonds. The summed E-state index contributed by atoms with van der Waals surface area (Å²) in [6.07, 6.45) is 1.70. The van der Waals surface area contributed by atoms with Crippen LogP contribution in [0.5, 0.6) is 0 Å². The van der Waals surface area contributed by atoms with Crippen molar-refractivity contribution < 1.29 is 9.53 Å². The van der Waals surface area contributed by atoms with E-state index in [0.717, 1.165) is 31.9 Å². The smallest absolute Gasteiger partial charge is 0.254 e. The number of morpholine rings is 1. The summed E-state index contributed by atoms with van der Waals surface area (Å²) in [5.41, 5.74) is 9.64. The van der Waals surface area contributed by atoms with Crippen LogP contribution in [0.2, 0.25) is 0 Å². The fourth-order valence-corrected chi connectivity index (χ4v) is 3.92. The van der Waals surface area contributed by atoms with E-state index in [2.05, 4.69) is 31.7 Å². The van der Waals surface area contributed by atoms with E-state index in [0.29, 0.717) is 40.1 Å². The summed E-state index contributed by atoms with van der Waals surface area (Å²) in [7, 11) is 0. The van der Waals surface area contributed by atoms with Gasteiger partial charge >= 0.3 is 0 Å². The number of imidazole rings is 1. The summed E-state index contributed by atoms with van der Waals surface area (Å²) >= 11 is 0. The number of carbonyl (C=O) groups is 1. The number of aryl methyl sites for hydroxylation is 1. The number of nitrogens with two attached hydrogens (primary N) is 1. The van der Waals surface area contributed by atoms with Gasteiger partial charge in [0.1, 0.15) is 22.4 Å². The third-order valence-electron chi connectivity index (χ3n) is 5.39. The third kappa shape index (κ3) is 3.64. The number of carbonyl (C=O) groups excluding carboxylic acids is 1. The molecule has 1 aromatic carbocycles. The molecule has 1 saturated heterocycles. The zero-order valence-corrected chi connectivity index (χ0v) is 18.4. The number of fused-ring (bicyclic) bond motifs is 5. The molecule has 0 radical (unpaired) electrons. The maximum absolute atomic E-state index is 12.3. The van der Waals surface area contributed by atoms with Crippen molar-refractivity contribution in [2.24, 2.45) is 5.73 Å². The van der Waals surface area contributed by atoms with E-state index in [1.54, 1.807) is 16.7 Å². The second-order valence-corrected chi connectivity index (χ2v) is 7.33. The molecule has 5 rings (SSSR count). The lowest BCUT2D eigenvalue weighted by atomic mass is 10.2. The summed E-state index contributed by atoms with van der Waals surface area (Å²) in [6.45, 7) is 9.73. The van der Waals surface area contributed by atoms with Gasteiger partial charge in [0.05, 0.1) is 30.8 Å². The number of H-pyrrole nitrogens is 2. The van der Waals surface area contributed by atoms with E-state index in [9.17, 15) is 9.59 Å². The lowest BCUT2D eigenvalue weighted by Crippen LogP contribution is -2.36. The average Bonchev–Trinajstić information content (AvgIpc) is 3.34. The highest BCUT2D eigenvalue weighted by Gasteiger charge is 2.23. The van der Waals surface area contributed by atoms with E-state index < -0.39 is 5.91 Å². The van der Waals surface area contributed by atoms with Crippen molar-refractivity contribution in [3.63, 3.8) is 0 Å². The van der Waals surface area contributed by atoms with Crippen molar-refractivity contribution in [2.45, 2.75) is 20.8 Å². The number of amides is 1. The summed E-state index contributed by atoms with van der Waals surface area (Å²) in [5.74, 6) is 5.67. The first-order chi connectivity index (χ1) is 15.5. The Kier molecular flexibility index (Phi) is 5.99. The Labute approximate surface area is 184 Å². The summed E-state index contributed by atoms with van der Waals surface area (Å²) in [4.78, 5) is 37.6. The van der Waals surface area contributed by atoms with Gasteiger partial charge in [0, 0.05) is 19.3 Å². The molecule has 9 heteroatoms. The molecule has 0 spiro atoms. The number of aromatic nitrogens is 4. The van der Waals surface area contributed by atoms with E-state index in [1.165, 1.54) is 6.07 Å². The van der Waals surface area contributed by atoms with Crippen LogP contribution in [0.1, 0.15) is 35.5 Å². The SMILES string of the molecule is CC.Cc1ccc(=O)c2nc3c(C(N)=O)c4[nH]cc(C#CCN5CCOCC5)[nH]c4n3c12. The highest BCUT2D eigenvalue weighted by Crippen LogP contribution is 2.28. The summed E-state index contributed by atoms with van der Waals surface area (Å²) in [5, 5.41) is 0. The molecule has 1 fully saturated rings. The van der Waals surface area contributed by atoms with Gasteiger partial charge in [-0.1, -0.05) is 25.8 Å². The van der Waals surface area contributed by atoms with Crippen molar-refractivity contribution >= 4 is 33.8 Å². The molecule has 4 N–H and O–H groups in total. The van der Waals surface area contributed by atoms with Gasteiger partial charge in [-0.15, -0.1) is 0 Å². The Morgan fingerprint density at radius 2 is 2.03 bits per heavy atom. The van der Waals surface area contributed by atoms with E-state index >= 15 is 0 Å². The van der Waals surface area contributed by atoms with Crippen LogP contribution in [0.3, 0.4) is 0 Å². The van der Waals surface area contributed by atoms with Gasteiger partial charge in [-0.25, -0.2) is 4.98 Å². The highest BCUT2D eigenvalue weighted by atomic mass is 16.5. The Balaban J connectivity index is 0.00000119. The normalized spacial score (nSPS) is 14.2. The van der Waals surface area contributed by atoms with Crippen LogP contribution in [0.4, 0.5) is 0 Å². The number of nitrogens with zero attached hydrogens (tertiary/aromatic N) is 3. The number of benzene rings is 1. The number of hydrogen-bond donors (Lipinski definition) is 3. The molecule has 4 aromatic rings. The van der Waals surface area contributed by atoms with Crippen LogP contribution >= 0.6 is 0 Å². The monoisotopic (exact) mass is 434 g/mol.